The molecule has 0 N–H and O–H groups in total. The highest BCUT2D eigenvalue weighted by atomic mass is 79.9. The molecule has 0 aliphatic carbocycles. The third-order valence-corrected chi connectivity index (χ3v) is 6.63. The molecule has 2 aromatic rings. The van der Waals surface area contributed by atoms with Crippen molar-refractivity contribution in [1.82, 2.24) is 0 Å². The second-order valence-electron chi connectivity index (χ2n) is 3.85. The van der Waals surface area contributed by atoms with Gasteiger partial charge in [-0.15, -0.1) is 11.3 Å². The maximum absolute atomic E-state index is 12.2. The van der Waals surface area contributed by atoms with E-state index in [1.54, 1.807) is 11.4 Å². The molecule has 0 spiro atoms. The van der Waals surface area contributed by atoms with Crippen LogP contribution < -0.4 is 0 Å². The molecule has 2 rings (SSSR count). The minimum absolute atomic E-state index is 0.0486. The number of hydrogen-bond acceptors (Lipinski definition) is 4. The van der Waals surface area contributed by atoms with Gasteiger partial charge >= 0.3 is 0 Å². The van der Waals surface area contributed by atoms with Crippen LogP contribution in [0.2, 0.25) is 10.0 Å². The SMILES string of the molecule is O=C(CS(=O)(=O)c1cc(Cl)ccc1Cl)c1sccc1Br. The standard InChI is InChI=1S/C12H7BrCl2O3S2/c13-8-3-4-19-12(8)10(16)6-20(17,18)11-5-7(14)1-2-9(11)15/h1-5H,6H2. The van der Waals surface area contributed by atoms with Crippen molar-refractivity contribution in [3.63, 3.8) is 0 Å². The Balaban J connectivity index is 2.35. The monoisotopic (exact) mass is 412 g/mol. The van der Waals surface area contributed by atoms with Crippen LogP contribution in [0.4, 0.5) is 0 Å². The van der Waals surface area contributed by atoms with Crippen molar-refractivity contribution >= 4 is 66.1 Å². The van der Waals surface area contributed by atoms with Crippen LogP contribution in [-0.4, -0.2) is 20.0 Å². The summed E-state index contributed by atoms with van der Waals surface area (Å²) in [5, 5.41) is 2.00. The lowest BCUT2D eigenvalue weighted by molar-refractivity contribution is 0.102. The number of benzene rings is 1. The highest BCUT2D eigenvalue weighted by Crippen LogP contribution is 2.28. The van der Waals surface area contributed by atoms with E-state index in [9.17, 15) is 13.2 Å². The molecule has 0 aliphatic rings. The number of carbonyl (C=O) groups is 1. The van der Waals surface area contributed by atoms with Gasteiger partial charge in [0.2, 0.25) is 0 Å². The summed E-state index contributed by atoms with van der Waals surface area (Å²) < 4.78 is 25.1. The quantitative estimate of drug-likeness (QED) is 0.694. The molecule has 20 heavy (non-hydrogen) atoms. The van der Waals surface area contributed by atoms with Gasteiger partial charge in [0.25, 0.3) is 0 Å². The summed E-state index contributed by atoms with van der Waals surface area (Å²) in [6, 6.07) is 5.82. The van der Waals surface area contributed by atoms with E-state index in [4.69, 9.17) is 23.2 Å². The molecule has 1 aromatic heterocycles. The van der Waals surface area contributed by atoms with Gasteiger partial charge in [-0.2, -0.15) is 0 Å². The van der Waals surface area contributed by atoms with Crippen LogP contribution in [0.3, 0.4) is 0 Å². The fourth-order valence-corrected chi connectivity index (χ4v) is 5.17. The summed E-state index contributed by atoms with van der Waals surface area (Å²) in [5.41, 5.74) is 0. The molecular formula is C12H7BrCl2O3S2. The first-order valence-corrected chi connectivity index (χ1v) is 9.33. The number of halogens is 3. The summed E-state index contributed by atoms with van der Waals surface area (Å²) >= 11 is 16.0. The Morgan fingerprint density at radius 2 is 1.95 bits per heavy atom. The van der Waals surface area contributed by atoms with E-state index in [1.807, 2.05) is 0 Å². The molecule has 0 amide bonds. The lowest BCUT2D eigenvalue weighted by Gasteiger charge is -2.06. The molecular weight excluding hydrogens is 407 g/mol. The first-order chi connectivity index (χ1) is 9.31. The van der Waals surface area contributed by atoms with Crippen molar-refractivity contribution in [3.05, 3.63) is 49.0 Å². The molecule has 0 saturated carbocycles. The Kier molecular flexibility index (Phi) is 4.92. The Morgan fingerprint density at radius 1 is 1.25 bits per heavy atom. The van der Waals surface area contributed by atoms with Gasteiger partial charge in [0.05, 0.1) is 14.8 Å². The zero-order valence-corrected chi connectivity index (χ0v) is 14.5. The number of ketones is 1. The van der Waals surface area contributed by atoms with Gasteiger partial charge in [0.1, 0.15) is 5.75 Å². The summed E-state index contributed by atoms with van der Waals surface area (Å²) in [6.45, 7) is 0. The number of Topliss-reactive ketones (excluding diaryl/α,β-unsaturated/α-hetero) is 1. The fraction of sp³-hybridized carbons (Fsp3) is 0.0833. The van der Waals surface area contributed by atoms with Crippen LogP contribution in [0.5, 0.6) is 0 Å². The molecule has 8 heteroatoms. The van der Waals surface area contributed by atoms with Crippen molar-refractivity contribution in [2.75, 3.05) is 5.75 Å². The second kappa shape index (κ2) is 6.15. The average Bonchev–Trinajstić information content (AvgIpc) is 2.78. The van der Waals surface area contributed by atoms with Crippen molar-refractivity contribution in [2.45, 2.75) is 4.90 Å². The third kappa shape index (κ3) is 3.43. The number of sulfone groups is 1. The van der Waals surface area contributed by atoms with E-state index in [0.29, 0.717) is 9.35 Å². The fourth-order valence-electron chi connectivity index (χ4n) is 1.52. The molecule has 106 valence electrons. The first-order valence-electron chi connectivity index (χ1n) is 5.25. The molecule has 0 atom stereocenters. The molecule has 0 saturated heterocycles. The van der Waals surface area contributed by atoms with E-state index in [0.717, 1.165) is 0 Å². The lowest BCUT2D eigenvalue weighted by atomic mass is 10.3. The van der Waals surface area contributed by atoms with Gasteiger partial charge in [-0.3, -0.25) is 4.79 Å². The molecule has 0 bridgehead atoms. The van der Waals surface area contributed by atoms with Crippen LogP contribution in [0, 0.1) is 0 Å². The van der Waals surface area contributed by atoms with E-state index < -0.39 is 21.4 Å². The van der Waals surface area contributed by atoms with Gasteiger partial charge in [-0.25, -0.2) is 8.42 Å². The molecule has 0 fully saturated rings. The Bertz CT molecular complexity index is 769. The largest absolute Gasteiger partial charge is 0.292 e. The maximum atomic E-state index is 12.2. The van der Waals surface area contributed by atoms with Gasteiger partial charge in [-0.1, -0.05) is 23.2 Å². The predicted octanol–water partition coefficient (Wildman–Crippen LogP) is 4.47. The molecule has 1 aromatic carbocycles. The number of rotatable bonds is 4. The molecule has 0 aliphatic heterocycles. The summed E-state index contributed by atoms with van der Waals surface area (Å²) in [4.78, 5) is 12.3. The Labute approximate surface area is 138 Å². The lowest BCUT2D eigenvalue weighted by Crippen LogP contribution is -2.16. The highest BCUT2D eigenvalue weighted by Gasteiger charge is 2.24. The topological polar surface area (TPSA) is 51.2 Å². The van der Waals surface area contributed by atoms with Crippen molar-refractivity contribution in [2.24, 2.45) is 0 Å². The van der Waals surface area contributed by atoms with Crippen LogP contribution in [0.1, 0.15) is 9.67 Å². The van der Waals surface area contributed by atoms with Gasteiger partial charge in [0.15, 0.2) is 15.6 Å². The molecule has 0 radical (unpaired) electrons. The molecule has 0 unspecified atom stereocenters. The van der Waals surface area contributed by atoms with Crippen molar-refractivity contribution in [1.29, 1.82) is 0 Å². The molecule has 1 heterocycles. The maximum Gasteiger partial charge on any atom is 0.189 e. The zero-order valence-electron chi connectivity index (χ0n) is 9.77. The predicted molar refractivity (Wildman–Crippen MR) is 84.9 cm³/mol. The van der Waals surface area contributed by atoms with Gasteiger partial charge < -0.3 is 0 Å². The minimum Gasteiger partial charge on any atom is -0.292 e. The van der Waals surface area contributed by atoms with E-state index in [-0.39, 0.29) is 14.9 Å². The second-order valence-corrected chi connectivity index (χ2v) is 8.43. The minimum atomic E-state index is -3.84. The third-order valence-electron chi connectivity index (χ3n) is 2.42. The van der Waals surface area contributed by atoms with Crippen LogP contribution in [0.15, 0.2) is 39.0 Å². The van der Waals surface area contributed by atoms with Gasteiger partial charge in [-0.05, 0) is 45.6 Å². The van der Waals surface area contributed by atoms with E-state index in [1.165, 1.54) is 29.5 Å². The van der Waals surface area contributed by atoms with Crippen molar-refractivity contribution < 1.29 is 13.2 Å². The highest BCUT2D eigenvalue weighted by molar-refractivity contribution is 9.10. The van der Waals surface area contributed by atoms with Crippen LogP contribution in [-0.2, 0) is 9.84 Å². The zero-order chi connectivity index (χ0) is 14.9. The molecule has 3 nitrogen and oxygen atoms in total. The summed E-state index contributed by atoms with van der Waals surface area (Å²) in [7, 11) is -3.84. The van der Waals surface area contributed by atoms with Crippen molar-refractivity contribution in [3.8, 4) is 0 Å². The number of hydrogen-bond donors (Lipinski definition) is 0. The summed E-state index contributed by atoms with van der Waals surface area (Å²) in [6.07, 6.45) is 0. The van der Waals surface area contributed by atoms with Gasteiger partial charge in [0, 0.05) is 9.50 Å². The van der Waals surface area contributed by atoms with Crippen LogP contribution >= 0.6 is 50.5 Å². The average molecular weight is 414 g/mol. The van der Waals surface area contributed by atoms with E-state index >= 15 is 0 Å². The normalized spacial score (nSPS) is 11.6. The number of carbonyl (C=O) groups excluding carboxylic acids is 1. The number of thiophene rings is 1. The Hall–Kier alpha value is -0.400. The Morgan fingerprint density at radius 3 is 2.55 bits per heavy atom. The smallest absolute Gasteiger partial charge is 0.189 e. The van der Waals surface area contributed by atoms with E-state index in [2.05, 4.69) is 15.9 Å². The first kappa shape index (κ1) is 16.0. The van der Waals surface area contributed by atoms with Crippen LogP contribution in [0.25, 0.3) is 0 Å². The summed E-state index contributed by atoms with van der Waals surface area (Å²) in [5.74, 6) is -1.13.